The third kappa shape index (κ3) is 3.18. The molecule has 2 N–H and O–H groups in total. The lowest BCUT2D eigenvalue weighted by Crippen LogP contribution is -2.46. The maximum atomic E-state index is 12.8. The molecule has 1 aromatic carbocycles. The van der Waals surface area contributed by atoms with E-state index in [1.807, 2.05) is 35.2 Å². The van der Waals surface area contributed by atoms with Crippen LogP contribution in [0.1, 0.15) is 31.7 Å². The third-order valence-electron chi connectivity index (χ3n) is 4.31. The van der Waals surface area contributed by atoms with E-state index in [1.54, 1.807) is 0 Å². The van der Waals surface area contributed by atoms with Gasteiger partial charge in [0.2, 0.25) is 5.91 Å². The first-order valence-electron chi connectivity index (χ1n) is 7.13. The van der Waals surface area contributed by atoms with Crippen LogP contribution in [0.2, 0.25) is 0 Å². The van der Waals surface area contributed by atoms with E-state index in [2.05, 4.69) is 13.8 Å². The summed E-state index contributed by atoms with van der Waals surface area (Å²) in [6.45, 7) is 6.04. The number of benzene rings is 1. The Balaban J connectivity index is 2.18. The predicted molar refractivity (Wildman–Crippen MR) is 85.5 cm³/mol. The van der Waals surface area contributed by atoms with Gasteiger partial charge in [-0.05, 0) is 23.8 Å². The first-order valence-corrected chi connectivity index (χ1v) is 7.54. The van der Waals surface area contributed by atoms with Crippen molar-refractivity contribution in [3.63, 3.8) is 0 Å². The summed E-state index contributed by atoms with van der Waals surface area (Å²) in [6, 6.07) is 9.58. The molecular formula is C16H22N2OS. The number of rotatable bonds is 3. The van der Waals surface area contributed by atoms with Crippen molar-refractivity contribution in [1.82, 2.24) is 4.90 Å². The molecule has 3 unspecified atom stereocenters. The van der Waals surface area contributed by atoms with E-state index in [9.17, 15) is 4.79 Å². The van der Waals surface area contributed by atoms with Crippen molar-refractivity contribution >= 4 is 23.1 Å². The second kappa shape index (κ2) is 6.35. The van der Waals surface area contributed by atoms with Gasteiger partial charge in [0, 0.05) is 13.1 Å². The molecule has 0 bridgehead atoms. The van der Waals surface area contributed by atoms with Crippen LogP contribution in [0.4, 0.5) is 0 Å². The molecule has 20 heavy (non-hydrogen) atoms. The number of hydrogen-bond donors (Lipinski definition) is 1. The van der Waals surface area contributed by atoms with Gasteiger partial charge in [-0.25, -0.2) is 0 Å². The standard InChI is InChI=1S/C16H22N2OS/c1-11-8-9-18(10-12(11)2)16(19)14(15(17)20)13-6-4-3-5-7-13/h3-7,11-12,14H,8-10H2,1-2H3,(H2,17,20). The van der Waals surface area contributed by atoms with E-state index in [0.717, 1.165) is 25.1 Å². The zero-order valence-corrected chi connectivity index (χ0v) is 12.9. The summed E-state index contributed by atoms with van der Waals surface area (Å²) in [6.07, 6.45) is 1.05. The summed E-state index contributed by atoms with van der Waals surface area (Å²) in [4.78, 5) is 14.9. The fraction of sp³-hybridized carbons (Fsp3) is 0.500. The molecule has 3 atom stereocenters. The van der Waals surface area contributed by atoms with Gasteiger partial charge >= 0.3 is 0 Å². The average molecular weight is 290 g/mol. The minimum absolute atomic E-state index is 0.0439. The number of hydrogen-bond acceptors (Lipinski definition) is 2. The average Bonchev–Trinajstić information content (AvgIpc) is 2.42. The van der Waals surface area contributed by atoms with Crippen LogP contribution in [-0.2, 0) is 4.79 Å². The van der Waals surface area contributed by atoms with E-state index in [4.69, 9.17) is 18.0 Å². The zero-order valence-electron chi connectivity index (χ0n) is 12.1. The number of carbonyl (C=O) groups is 1. The topological polar surface area (TPSA) is 46.3 Å². The molecular weight excluding hydrogens is 268 g/mol. The minimum atomic E-state index is -0.494. The van der Waals surface area contributed by atoms with E-state index < -0.39 is 5.92 Å². The summed E-state index contributed by atoms with van der Waals surface area (Å²) in [5, 5.41) is 0. The Kier molecular flexibility index (Phi) is 4.76. The van der Waals surface area contributed by atoms with Crippen LogP contribution in [0, 0.1) is 11.8 Å². The molecule has 0 radical (unpaired) electrons. The smallest absolute Gasteiger partial charge is 0.236 e. The normalized spacial score (nSPS) is 24.2. The molecule has 1 heterocycles. The first-order chi connectivity index (χ1) is 9.50. The van der Waals surface area contributed by atoms with Crippen molar-refractivity contribution in [3.8, 4) is 0 Å². The summed E-state index contributed by atoms with van der Waals surface area (Å²) < 4.78 is 0. The quantitative estimate of drug-likeness (QED) is 0.870. The van der Waals surface area contributed by atoms with Crippen molar-refractivity contribution in [1.29, 1.82) is 0 Å². The third-order valence-corrected chi connectivity index (χ3v) is 4.55. The number of nitrogens with two attached hydrogens (primary N) is 1. The highest BCUT2D eigenvalue weighted by molar-refractivity contribution is 7.80. The fourth-order valence-electron chi connectivity index (χ4n) is 2.72. The Bertz CT molecular complexity index is 489. The number of carbonyl (C=O) groups excluding carboxylic acids is 1. The zero-order chi connectivity index (χ0) is 14.7. The van der Waals surface area contributed by atoms with E-state index in [1.165, 1.54) is 0 Å². The number of thiocarbonyl (C=S) groups is 1. The molecule has 108 valence electrons. The van der Waals surface area contributed by atoms with Crippen LogP contribution in [0.3, 0.4) is 0 Å². The molecule has 0 aromatic heterocycles. The molecule has 1 amide bonds. The number of amides is 1. The van der Waals surface area contributed by atoms with Crippen molar-refractivity contribution in [3.05, 3.63) is 35.9 Å². The van der Waals surface area contributed by atoms with Crippen molar-refractivity contribution in [2.45, 2.75) is 26.2 Å². The lowest BCUT2D eigenvalue weighted by atomic mass is 9.87. The maximum Gasteiger partial charge on any atom is 0.236 e. The van der Waals surface area contributed by atoms with Crippen LogP contribution in [0.25, 0.3) is 0 Å². The van der Waals surface area contributed by atoms with Gasteiger partial charge in [-0.2, -0.15) is 0 Å². The van der Waals surface area contributed by atoms with Gasteiger partial charge in [0.05, 0.1) is 4.99 Å². The molecule has 0 spiro atoms. The van der Waals surface area contributed by atoms with Crippen molar-refractivity contribution in [2.24, 2.45) is 17.6 Å². The van der Waals surface area contributed by atoms with Crippen LogP contribution >= 0.6 is 12.2 Å². The van der Waals surface area contributed by atoms with Crippen molar-refractivity contribution < 1.29 is 4.79 Å². The van der Waals surface area contributed by atoms with Gasteiger partial charge in [-0.15, -0.1) is 0 Å². The van der Waals surface area contributed by atoms with Gasteiger partial charge < -0.3 is 10.6 Å². The second-order valence-corrected chi connectivity index (χ2v) is 6.24. The highest BCUT2D eigenvalue weighted by atomic mass is 32.1. The number of nitrogens with zero attached hydrogens (tertiary/aromatic N) is 1. The van der Waals surface area contributed by atoms with Gasteiger partial charge in [-0.1, -0.05) is 56.4 Å². The van der Waals surface area contributed by atoms with Gasteiger partial charge in [0.25, 0.3) is 0 Å². The molecule has 1 saturated heterocycles. The van der Waals surface area contributed by atoms with Crippen LogP contribution in [0.15, 0.2) is 30.3 Å². The molecule has 0 saturated carbocycles. The van der Waals surface area contributed by atoms with E-state index in [0.29, 0.717) is 11.8 Å². The Morgan fingerprint density at radius 3 is 2.50 bits per heavy atom. The SMILES string of the molecule is CC1CCN(C(=O)C(C(N)=S)c2ccccc2)CC1C. The molecule has 0 aliphatic carbocycles. The summed E-state index contributed by atoms with van der Waals surface area (Å²) in [5.41, 5.74) is 6.71. The number of likely N-dealkylation sites (tertiary alicyclic amines) is 1. The molecule has 3 nitrogen and oxygen atoms in total. The first kappa shape index (κ1) is 15.0. The fourth-order valence-corrected chi connectivity index (χ4v) is 2.96. The van der Waals surface area contributed by atoms with E-state index >= 15 is 0 Å². The lowest BCUT2D eigenvalue weighted by molar-refractivity contribution is -0.133. The van der Waals surface area contributed by atoms with Crippen LogP contribution in [-0.4, -0.2) is 28.9 Å². The number of piperidine rings is 1. The van der Waals surface area contributed by atoms with Gasteiger partial charge in [0.1, 0.15) is 5.92 Å². The minimum Gasteiger partial charge on any atom is -0.392 e. The van der Waals surface area contributed by atoms with Gasteiger partial charge in [-0.3, -0.25) is 4.79 Å². The summed E-state index contributed by atoms with van der Waals surface area (Å²) >= 11 is 5.13. The molecule has 2 rings (SSSR count). The van der Waals surface area contributed by atoms with Crippen LogP contribution in [0.5, 0.6) is 0 Å². The molecule has 1 aromatic rings. The van der Waals surface area contributed by atoms with Gasteiger partial charge in [0.15, 0.2) is 0 Å². The molecule has 1 aliphatic rings. The Morgan fingerprint density at radius 2 is 1.95 bits per heavy atom. The molecule has 4 heteroatoms. The second-order valence-electron chi connectivity index (χ2n) is 5.77. The van der Waals surface area contributed by atoms with E-state index in [-0.39, 0.29) is 10.9 Å². The van der Waals surface area contributed by atoms with Crippen molar-refractivity contribution in [2.75, 3.05) is 13.1 Å². The summed E-state index contributed by atoms with van der Waals surface area (Å²) in [5.74, 6) is 0.740. The Hall–Kier alpha value is -1.42. The Labute approximate surface area is 126 Å². The monoisotopic (exact) mass is 290 g/mol. The highest BCUT2D eigenvalue weighted by Gasteiger charge is 2.32. The summed E-state index contributed by atoms with van der Waals surface area (Å²) in [7, 11) is 0. The lowest BCUT2D eigenvalue weighted by Gasteiger charge is -2.37. The molecule has 1 aliphatic heterocycles. The predicted octanol–water partition coefficient (Wildman–Crippen LogP) is 2.56. The largest absolute Gasteiger partial charge is 0.392 e. The van der Waals surface area contributed by atoms with Crippen LogP contribution < -0.4 is 5.73 Å². The highest BCUT2D eigenvalue weighted by Crippen LogP contribution is 2.26. The Morgan fingerprint density at radius 1 is 1.30 bits per heavy atom. The molecule has 1 fully saturated rings. The maximum absolute atomic E-state index is 12.8.